The fourth-order valence-corrected chi connectivity index (χ4v) is 3.99. The van der Waals surface area contributed by atoms with E-state index in [-0.39, 0.29) is 24.4 Å². The van der Waals surface area contributed by atoms with Crippen molar-refractivity contribution < 1.29 is 13.2 Å². The Kier molecular flexibility index (Phi) is 6.10. The quantitative estimate of drug-likeness (QED) is 0.781. The van der Waals surface area contributed by atoms with Gasteiger partial charge in [0, 0.05) is 12.6 Å². The lowest BCUT2D eigenvalue weighted by molar-refractivity contribution is 0.236. The molecule has 0 radical (unpaired) electrons. The van der Waals surface area contributed by atoms with E-state index in [1.54, 1.807) is 0 Å². The molecule has 1 rings (SSSR count). The topological polar surface area (TPSA) is 75.3 Å². The van der Waals surface area contributed by atoms with Crippen LogP contribution in [0.1, 0.15) is 46.5 Å². The number of carbonyl (C=O) groups is 1. The van der Waals surface area contributed by atoms with Crippen molar-refractivity contribution >= 4 is 15.9 Å². The molecular weight excluding hydrogens is 264 g/mol. The molecule has 2 atom stereocenters. The highest BCUT2D eigenvalue weighted by Gasteiger charge is 2.31. The largest absolute Gasteiger partial charge is 0.337 e. The van der Waals surface area contributed by atoms with E-state index >= 15 is 0 Å². The van der Waals surface area contributed by atoms with Crippen molar-refractivity contribution in [1.82, 2.24) is 10.6 Å². The van der Waals surface area contributed by atoms with Crippen molar-refractivity contribution in [2.75, 3.05) is 12.3 Å². The molecule has 1 heterocycles. The van der Waals surface area contributed by atoms with Gasteiger partial charge in [-0.25, -0.2) is 13.2 Å². The van der Waals surface area contributed by atoms with Crippen LogP contribution in [0.3, 0.4) is 0 Å². The standard InChI is InChI=1S/C13H26N2O3S/c1-10(2)6-7-11(3)15-13(16)14-9-12-5-4-8-19(12,17)18/h10-12H,4-9H2,1-3H3,(H2,14,15,16)/t11-,12-/m1/s1. The molecule has 0 aliphatic carbocycles. The third-order valence-corrected chi connectivity index (χ3v) is 5.78. The summed E-state index contributed by atoms with van der Waals surface area (Å²) in [7, 11) is -2.98. The third kappa shape index (κ3) is 5.80. The molecule has 1 aliphatic rings. The summed E-state index contributed by atoms with van der Waals surface area (Å²) < 4.78 is 23.2. The average molecular weight is 290 g/mol. The molecule has 1 fully saturated rings. The molecular formula is C13H26N2O3S. The molecule has 0 aromatic heterocycles. The van der Waals surface area contributed by atoms with Gasteiger partial charge in [0.2, 0.25) is 0 Å². The summed E-state index contributed by atoms with van der Waals surface area (Å²) in [6.45, 7) is 6.49. The number of urea groups is 1. The molecule has 2 amide bonds. The number of nitrogens with one attached hydrogen (secondary N) is 2. The Hall–Kier alpha value is -0.780. The van der Waals surface area contributed by atoms with Crippen LogP contribution in [-0.4, -0.2) is 38.0 Å². The van der Waals surface area contributed by atoms with Gasteiger partial charge in [0.05, 0.1) is 11.0 Å². The Morgan fingerprint density at radius 1 is 1.26 bits per heavy atom. The highest BCUT2D eigenvalue weighted by atomic mass is 32.2. The fraction of sp³-hybridized carbons (Fsp3) is 0.923. The van der Waals surface area contributed by atoms with E-state index < -0.39 is 15.1 Å². The second kappa shape index (κ2) is 7.12. The second-order valence-corrected chi connectivity index (χ2v) is 8.26. The van der Waals surface area contributed by atoms with E-state index in [9.17, 15) is 13.2 Å². The summed E-state index contributed by atoms with van der Waals surface area (Å²) >= 11 is 0. The Labute approximate surface area is 116 Å². The normalized spacial score (nSPS) is 23.3. The molecule has 0 bridgehead atoms. The lowest BCUT2D eigenvalue weighted by Crippen LogP contribution is -2.44. The van der Waals surface area contributed by atoms with Crippen LogP contribution in [0.25, 0.3) is 0 Å². The first kappa shape index (κ1) is 16.3. The van der Waals surface area contributed by atoms with Crippen LogP contribution >= 0.6 is 0 Å². The zero-order valence-corrected chi connectivity index (χ0v) is 12.9. The van der Waals surface area contributed by atoms with Crippen molar-refractivity contribution in [2.45, 2.75) is 57.7 Å². The van der Waals surface area contributed by atoms with Crippen molar-refractivity contribution in [3.63, 3.8) is 0 Å². The molecule has 5 nitrogen and oxygen atoms in total. The van der Waals surface area contributed by atoms with Crippen molar-refractivity contribution in [2.24, 2.45) is 5.92 Å². The minimum Gasteiger partial charge on any atom is -0.337 e. The average Bonchev–Trinajstić information content (AvgIpc) is 2.63. The molecule has 0 saturated carbocycles. The number of hydrogen-bond acceptors (Lipinski definition) is 3. The molecule has 0 spiro atoms. The van der Waals surface area contributed by atoms with Gasteiger partial charge >= 0.3 is 6.03 Å². The molecule has 19 heavy (non-hydrogen) atoms. The molecule has 2 N–H and O–H groups in total. The SMILES string of the molecule is CC(C)CC[C@@H](C)NC(=O)NC[C@H]1CCCS1(=O)=O. The van der Waals surface area contributed by atoms with Gasteiger partial charge in [-0.3, -0.25) is 0 Å². The number of rotatable bonds is 6. The highest BCUT2D eigenvalue weighted by molar-refractivity contribution is 7.92. The van der Waals surface area contributed by atoms with Crippen LogP contribution in [0.15, 0.2) is 0 Å². The van der Waals surface area contributed by atoms with E-state index in [0.29, 0.717) is 18.8 Å². The van der Waals surface area contributed by atoms with Crippen LogP contribution in [-0.2, 0) is 9.84 Å². The van der Waals surface area contributed by atoms with Crippen molar-refractivity contribution in [3.05, 3.63) is 0 Å². The Bertz CT molecular complexity index is 393. The van der Waals surface area contributed by atoms with E-state index in [1.807, 2.05) is 6.92 Å². The molecule has 112 valence electrons. The minimum atomic E-state index is -2.98. The van der Waals surface area contributed by atoms with Gasteiger partial charge in [0.1, 0.15) is 0 Å². The van der Waals surface area contributed by atoms with Gasteiger partial charge in [-0.05, 0) is 38.5 Å². The van der Waals surface area contributed by atoms with Gasteiger partial charge in [-0.15, -0.1) is 0 Å². The summed E-state index contributed by atoms with van der Waals surface area (Å²) in [5.41, 5.74) is 0. The monoisotopic (exact) mass is 290 g/mol. The zero-order chi connectivity index (χ0) is 14.5. The maximum atomic E-state index is 11.6. The minimum absolute atomic E-state index is 0.114. The summed E-state index contributed by atoms with van der Waals surface area (Å²) in [5, 5.41) is 5.11. The first-order valence-electron chi connectivity index (χ1n) is 7.07. The summed E-state index contributed by atoms with van der Waals surface area (Å²) in [5.74, 6) is 0.877. The van der Waals surface area contributed by atoms with Gasteiger partial charge in [0.15, 0.2) is 9.84 Å². The third-order valence-electron chi connectivity index (χ3n) is 3.51. The molecule has 0 unspecified atom stereocenters. The van der Waals surface area contributed by atoms with Crippen molar-refractivity contribution in [1.29, 1.82) is 0 Å². The summed E-state index contributed by atoms with van der Waals surface area (Å²) in [6, 6.07) is -0.152. The van der Waals surface area contributed by atoms with E-state index in [0.717, 1.165) is 12.8 Å². The fourth-order valence-electron chi connectivity index (χ4n) is 2.22. The number of sulfone groups is 1. The van der Waals surface area contributed by atoms with Gasteiger partial charge in [-0.2, -0.15) is 0 Å². The predicted octanol–water partition coefficient (Wildman–Crippen LogP) is 1.69. The Morgan fingerprint density at radius 3 is 2.47 bits per heavy atom. The Morgan fingerprint density at radius 2 is 1.95 bits per heavy atom. The van der Waals surface area contributed by atoms with E-state index in [1.165, 1.54) is 0 Å². The summed E-state index contributed by atoms with van der Waals surface area (Å²) in [6.07, 6.45) is 3.37. The number of carbonyl (C=O) groups excluding carboxylic acids is 1. The predicted molar refractivity (Wildman–Crippen MR) is 76.9 cm³/mol. The highest BCUT2D eigenvalue weighted by Crippen LogP contribution is 2.18. The van der Waals surface area contributed by atoms with Crippen LogP contribution in [0.5, 0.6) is 0 Å². The van der Waals surface area contributed by atoms with Gasteiger partial charge in [-0.1, -0.05) is 13.8 Å². The van der Waals surface area contributed by atoms with Crippen LogP contribution in [0.2, 0.25) is 0 Å². The lowest BCUT2D eigenvalue weighted by Gasteiger charge is -2.17. The first-order valence-corrected chi connectivity index (χ1v) is 8.78. The first-order chi connectivity index (χ1) is 8.81. The van der Waals surface area contributed by atoms with Crippen LogP contribution in [0, 0.1) is 5.92 Å². The molecule has 1 saturated heterocycles. The maximum Gasteiger partial charge on any atom is 0.315 e. The van der Waals surface area contributed by atoms with Crippen LogP contribution < -0.4 is 10.6 Å². The molecule has 6 heteroatoms. The smallest absolute Gasteiger partial charge is 0.315 e. The summed E-state index contributed by atoms with van der Waals surface area (Å²) in [4.78, 5) is 11.6. The molecule has 1 aliphatic heterocycles. The molecule has 0 aromatic rings. The van der Waals surface area contributed by atoms with Crippen LogP contribution in [0.4, 0.5) is 4.79 Å². The Balaban J connectivity index is 2.24. The lowest BCUT2D eigenvalue weighted by atomic mass is 10.0. The second-order valence-electron chi connectivity index (χ2n) is 5.86. The number of hydrogen-bond donors (Lipinski definition) is 2. The van der Waals surface area contributed by atoms with Crippen molar-refractivity contribution in [3.8, 4) is 0 Å². The van der Waals surface area contributed by atoms with E-state index in [4.69, 9.17) is 0 Å². The zero-order valence-electron chi connectivity index (χ0n) is 12.1. The van der Waals surface area contributed by atoms with E-state index in [2.05, 4.69) is 24.5 Å². The maximum absolute atomic E-state index is 11.6. The molecule has 0 aromatic carbocycles. The number of amides is 2. The van der Waals surface area contributed by atoms with Gasteiger partial charge < -0.3 is 10.6 Å². The van der Waals surface area contributed by atoms with Gasteiger partial charge in [0.25, 0.3) is 0 Å².